The number of nitrogens with one attached hydrogen (secondary N) is 1. The van der Waals surface area contributed by atoms with Crippen molar-refractivity contribution in [2.45, 2.75) is 58.3 Å². The van der Waals surface area contributed by atoms with E-state index in [1.54, 1.807) is 0 Å². The Balaban J connectivity index is 2.31. The number of rotatable bonds is 2. The second-order valence-electron chi connectivity index (χ2n) is 4.64. The van der Waals surface area contributed by atoms with E-state index in [9.17, 15) is 0 Å². The highest BCUT2D eigenvalue weighted by molar-refractivity contribution is 4.81. The first kappa shape index (κ1) is 10.0. The quantitative estimate of drug-likeness (QED) is 0.685. The van der Waals surface area contributed by atoms with Gasteiger partial charge in [-0.2, -0.15) is 0 Å². The lowest BCUT2D eigenvalue weighted by atomic mass is 10.1. The summed E-state index contributed by atoms with van der Waals surface area (Å²) in [7, 11) is 0. The van der Waals surface area contributed by atoms with Crippen molar-refractivity contribution >= 4 is 0 Å². The molecule has 0 spiro atoms. The molecule has 12 heavy (non-hydrogen) atoms. The van der Waals surface area contributed by atoms with Gasteiger partial charge in [-0.1, -0.05) is 0 Å². The van der Waals surface area contributed by atoms with Gasteiger partial charge in [0.1, 0.15) is 0 Å². The summed E-state index contributed by atoms with van der Waals surface area (Å²) in [6.45, 7) is 9.64. The normalized spacial score (nSPS) is 27.5. The van der Waals surface area contributed by atoms with Crippen molar-refractivity contribution in [2.75, 3.05) is 6.54 Å². The highest BCUT2D eigenvalue weighted by Crippen LogP contribution is 2.17. The van der Waals surface area contributed by atoms with Gasteiger partial charge in [0, 0.05) is 6.04 Å². The van der Waals surface area contributed by atoms with Crippen molar-refractivity contribution in [3.05, 3.63) is 0 Å². The summed E-state index contributed by atoms with van der Waals surface area (Å²) in [5.41, 5.74) is -0.0102. The van der Waals surface area contributed by atoms with Crippen LogP contribution in [0, 0.1) is 0 Å². The van der Waals surface area contributed by atoms with Gasteiger partial charge in [-0.05, 0) is 47.1 Å². The minimum atomic E-state index is -0.0102. The molecule has 2 nitrogen and oxygen atoms in total. The van der Waals surface area contributed by atoms with E-state index in [4.69, 9.17) is 4.74 Å². The van der Waals surface area contributed by atoms with Gasteiger partial charge in [0.05, 0.1) is 11.7 Å². The van der Waals surface area contributed by atoms with Crippen LogP contribution in [0.3, 0.4) is 0 Å². The van der Waals surface area contributed by atoms with Crippen LogP contribution < -0.4 is 5.32 Å². The van der Waals surface area contributed by atoms with Gasteiger partial charge in [-0.25, -0.2) is 0 Å². The van der Waals surface area contributed by atoms with Gasteiger partial charge in [0.25, 0.3) is 0 Å². The van der Waals surface area contributed by atoms with E-state index in [1.807, 2.05) is 0 Å². The lowest BCUT2D eigenvalue weighted by molar-refractivity contribution is -0.0637. The molecule has 0 unspecified atom stereocenters. The van der Waals surface area contributed by atoms with E-state index < -0.39 is 0 Å². The number of hydrogen-bond donors (Lipinski definition) is 1. The van der Waals surface area contributed by atoms with Crippen molar-refractivity contribution < 1.29 is 4.74 Å². The summed E-state index contributed by atoms with van der Waals surface area (Å²) < 4.78 is 5.86. The summed E-state index contributed by atoms with van der Waals surface area (Å²) in [5.74, 6) is 0. The molecular formula is C10H21NO. The molecule has 0 aromatic heterocycles. The van der Waals surface area contributed by atoms with E-state index >= 15 is 0 Å². The van der Waals surface area contributed by atoms with E-state index in [2.05, 4.69) is 33.0 Å². The SMILES string of the molecule is C[C@H](OC(C)(C)C)[C@H]1CCCN1. The molecule has 0 aromatic carbocycles. The first-order valence-electron chi connectivity index (χ1n) is 4.90. The third kappa shape index (κ3) is 3.11. The molecule has 1 fully saturated rings. The standard InChI is InChI=1S/C10H21NO/c1-8(12-10(2,3)4)9-6-5-7-11-9/h8-9,11H,5-7H2,1-4H3/t8-,9+/m0/s1. The Kier molecular flexibility index (Phi) is 3.13. The van der Waals surface area contributed by atoms with E-state index in [1.165, 1.54) is 12.8 Å². The van der Waals surface area contributed by atoms with Crippen LogP contribution in [0.15, 0.2) is 0 Å². The van der Waals surface area contributed by atoms with Crippen molar-refractivity contribution in [3.63, 3.8) is 0 Å². The van der Waals surface area contributed by atoms with Crippen LogP contribution >= 0.6 is 0 Å². The molecule has 1 N–H and O–H groups in total. The molecule has 1 aliphatic heterocycles. The Labute approximate surface area is 75.7 Å². The minimum Gasteiger partial charge on any atom is -0.371 e. The van der Waals surface area contributed by atoms with Crippen molar-refractivity contribution in [1.29, 1.82) is 0 Å². The zero-order valence-corrected chi connectivity index (χ0v) is 8.68. The van der Waals surface area contributed by atoms with E-state index in [0.29, 0.717) is 12.1 Å². The van der Waals surface area contributed by atoms with E-state index in [0.717, 1.165) is 6.54 Å². The smallest absolute Gasteiger partial charge is 0.0707 e. The maximum Gasteiger partial charge on any atom is 0.0707 e. The maximum absolute atomic E-state index is 5.86. The molecule has 1 heterocycles. The molecule has 1 aliphatic rings. The fourth-order valence-electron chi connectivity index (χ4n) is 1.75. The van der Waals surface area contributed by atoms with Gasteiger partial charge < -0.3 is 10.1 Å². The van der Waals surface area contributed by atoms with Crippen LogP contribution in [0.1, 0.15) is 40.5 Å². The summed E-state index contributed by atoms with van der Waals surface area (Å²) >= 11 is 0. The lowest BCUT2D eigenvalue weighted by Crippen LogP contribution is -2.39. The molecule has 1 saturated heterocycles. The molecule has 0 bridgehead atoms. The fraction of sp³-hybridized carbons (Fsp3) is 1.00. The Morgan fingerprint density at radius 3 is 2.50 bits per heavy atom. The van der Waals surface area contributed by atoms with E-state index in [-0.39, 0.29) is 5.60 Å². The molecule has 0 saturated carbocycles. The second-order valence-corrected chi connectivity index (χ2v) is 4.64. The first-order valence-corrected chi connectivity index (χ1v) is 4.90. The summed E-state index contributed by atoms with van der Waals surface area (Å²) in [5, 5.41) is 3.45. The Hall–Kier alpha value is -0.0800. The van der Waals surface area contributed by atoms with Crippen LogP contribution in [0.4, 0.5) is 0 Å². The van der Waals surface area contributed by atoms with Crippen LogP contribution in [0.2, 0.25) is 0 Å². The zero-order valence-electron chi connectivity index (χ0n) is 8.68. The van der Waals surface area contributed by atoms with Gasteiger partial charge in [0.15, 0.2) is 0 Å². The zero-order chi connectivity index (χ0) is 9.19. The van der Waals surface area contributed by atoms with Crippen LogP contribution in [0.5, 0.6) is 0 Å². The van der Waals surface area contributed by atoms with Gasteiger partial charge >= 0.3 is 0 Å². The van der Waals surface area contributed by atoms with Gasteiger partial charge in [-0.3, -0.25) is 0 Å². The highest BCUT2D eigenvalue weighted by atomic mass is 16.5. The molecule has 2 atom stereocenters. The number of hydrogen-bond acceptors (Lipinski definition) is 2. The molecular weight excluding hydrogens is 150 g/mol. The third-order valence-electron chi connectivity index (χ3n) is 2.20. The largest absolute Gasteiger partial charge is 0.371 e. The maximum atomic E-state index is 5.86. The van der Waals surface area contributed by atoms with Crippen LogP contribution in [0.25, 0.3) is 0 Å². The molecule has 2 heteroatoms. The average Bonchev–Trinajstić information content (AvgIpc) is 2.32. The molecule has 0 aromatic rings. The topological polar surface area (TPSA) is 21.3 Å². The Morgan fingerprint density at radius 1 is 1.42 bits per heavy atom. The van der Waals surface area contributed by atoms with Crippen molar-refractivity contribution in [1.82, 2.24) is 5.32 Å². The van der Waals surface area contributed by atoms with Crippen LogP contribution in [-0.2, 0) is 4.74 Å². The molecule has 1 rings (SSSR count). The minimum absolute atomic E-state index is 0.0102. The summed E-state index contributed by atoms with van der Waals surface area (Å²) in [6, 6.07) is 0.573. The molecule has 0 amide bonds. The lowest BCUT2D eigenvalue weighted by Gasteiger charge is -2.28. The first-order chi connectivity index (χ1) is 5.49. The number of ether oxygens (including phenoxy) is 1. The molecule has 0 radical (unpaired) electrons. The fourth-order valence-corrected chi connectivity index (χ4v) is 1.75. The summed E-state index contributed by atoms with van der Waals surface area (Å²) in [4.78, 5) is 0. The Morgan fingerprint density at radius 2 is 2.08 bits per heavy atom. The van der Waals surface area contributed by atoms with Crippen molar-refractivity contribution in [2.24, 2.45) is 0 Å². The molecule has 72 valence electrons. The Bertz CT molecular complexity index is 133. The highest BCUT2D eigenvalue weighted by Gasteiger charge is 2.25. The predicted molar refractivity (Wildman–Crippen MR) is 51.3 cm³/mol. The summed E-state index contributed by atoms with van der Waals surface area (Å²) in [6.07, 6.45) is 2.90. The van der Waals surface area contributed by atoms with Crippen molar-refractivity contribution in [3.8, 4) is 0 Å². The second kappa shape index (κ2) is 3.75. The monoisotopic (exact) mass is 171 g/mol. The third-order valence-corrected chi connectivity index (χ3v) is 2.20. The average molecular weight is 171 g/mol. The van der Waals surface area contributed by atoms with Crippen LogP contribution in [-0.4, -0.2) is 24.3 Å². The van der Waals surface area contributed by atoms with Gasteiger partial charge in [-0.15, -0.1) is 0 Å². The molecule has 0 aliphatic carbocycles. The predicted octanol–water partition coefficient (Wildman–Crippen LogP) is 1.94. The van der Waals surface area contributed by atoms with Gasteiger partial charge in [0.2, 0.25) is 0 Å².